The molecule has 0 unspecified atom stereocenters. The Balaban J connectivity index is 1.43. The Labute approximate surface area is 162 Å². The third-order valence-electron chi connectivity index (χ3n) is 4.88. The Kier molecular flexibility index (Phi) is 7.27. The number of hydrogen-bond acceptors (Lipinski definition) is 3. The third-order valence-corrected chi connectivity index (χ3v) is 4.88. The molecule has 0 amide bonds. The molecule has 1 aromatic carbocycles. The summed E-state index contributed by atoms with van der Waals surface area (Å²) in [6, 6.07) is 11.2. The summed E-state index contributed by atoms with van der Waals surface area (Å²) in [5, 5.41) is 11.3. The van der Waals surface area contributed by atoms with Crippen molar-refractivity contribution in [1.29, 1.82) is 0 Å². The van der Waals surface area contributed by atoms with Crippen LogP contribution in [0.2, 0.25) is 0 Å². The number of benzene rings is 1. The molecule has 6 nitrogen and oxygen atoms in total. The highest BCUT2D eigenvalue weighted by Crippen LogP contribution is 2.13. The first-order valence-corrected chi connectivity index (χ1v) is 10.0. The Morgan fingerprint density at radius 2 is 2.00 bits per heavy atom. The molecule has 0 saturated carbocycles. The molecule has 1 saturated heterocycles. The average Bonchev–Trinajstić information content (AvgIpc) is 3.09. The van der Waals surface area contributed by atoms with Crippen molar-refractivity contribution in [3.05, 3.63) is 53.9 Å². The van der Waals surface area contributed by atoms with Crippen LogP contribution in [0.4, 0.5) is 0 Å². The minimum atomic E-state index is 0.488. The monoisotopic (exact) mass is 368 g/mol. The Morgan fingerprint density at radius 3 is 2.67 bits per heavy atom. The van der Waals surface area contributed by atoms with Gasteiger partial charge in [-0.25, -0.2) is 0 Å². The second-order valence-corrected chi connectivity index (χ2v) is 7.22. The number of nitrogens with one attached hydrogen (secondary N) is 2. The van der Waals surface area contributed by atoms with Crippen LogP contribution in [0.15, 0.2) is 47.7 Å². The molecule has 3 rings (SSSR count). The molecule has 146 valence electrons. The first-order valence-electron chi connectivity index (χ1n) is 10.0. The van der Waals surface area contributed by atoms with E-state index in [4.69, 9.17) is 4.99 Å². The maximum atomic E-state index is 4.72. The van der Waals surface area contributed by atoms with Gasteiger partial charge in [-0.2, -0.15) is 5.10 Å². The van der Waals surface area contributed by atoms with E-state index in [-0.39, 0.29) is 0 Å². The Morgan fingerprint density at radius 1 is 1.22 bits per heavy atom. The molecule has 1 aliphatic heterocycles. The van der Waals surface area contributed by atoms with Crippen molar-refractivity contribution in [2.75, 3.05) is 26.2 Å². The summed E-state index contributed by atoms with van der Waals surface area (Å²) in [7, 11) is 0. The van der Waals surface area contributed by atoms with Crippen LogP contribution in [-0.4, -0.2) is 52.9 Å². The molecule has 2 aromatic rings. The minimum Gasteiger partial charge on any atom is -0.357 e. The van der Waals surface area contributed by atoms with Gasteiger partial charge in [0, 0.05) is 38.4 Å². The topological polar surface area (TPSA) is 57.5 Å². The van der Waals surface area contributed by atoms with Crippen LogP contribution in [0.3, 0.4) is 0 Å². The summed E-state index contributed by atoms with van der Waals surface area (Å²) in [5.74, 6) is 0.919. The SMILES string of the molecule is CCNC(=NCCn1cc(C)cn1)NC1CCN(Cc2ccccc2)CC1. The fourth-order valence-corrected chi connectivity index (χ4v) is 3.44. The fourth-order valence-electron chi connectivity index (χ4n) is 3.44. The largest absolute Gasteiger partial charge is 0.357 e. The smallest absolute Gasteiger partial charge is 0.191 e. The van der Waals surface area contributed by atoms with E-state index < -0.39 is 0 Å². The average molecular weight is 369 g/mol. The molecule has 2 heterocycles. The van der Waals surface area contributed by atoms with Crippen molar-refractivity contribution in [2.24, 2.45) is 4.99 Å². The second kappa shape index (κ2) is 10.1. The van der Waals surface area contributed by atoms with Crippen LogP contribution in [0.5, 0.6) is 0 Å². The zero-order valence-electron chi connectivity index (χ0n) is 16.6. The summed E-state index contributed by atoms with van der Waals surface area (Å²) in [6.45, 7) is 9.87. The molecular weight excluding hydrogens is 336 g/mol. The number of hydrogen-bond donors (Lipinski definition) is 2. The predicted molar refractivity (Wildman–Crippen MR) is 111 cm³/mol. The van der Waals surface area contributed by atoms with E-state index in [1.54, 1.807) is 0 Å². The van der Waals surface area contributed by atoms with E-state index >= 15 is 0 Å². The van der Waals surface area contributed by atoms with E-state index in [2.05, 4.69) is 71.0 Å². The van der Waals surface area contributed by atoms with Gasteiger partial charge in [-0.1, -0.05) is 30.3 Å². The quantitative estimate of drug-likeness (QED) is 0.582. The van der Waals surface area contributed by atoms with E-state index in [0.717, 1.165) is 58.1 Å². The molecule has 0 aliphatic carbocycles. The molecule has 0 radical (unpaired) electrons. The number of aliphatic imine (C=N–C) groups is 1. The minimum absolute atomic E-state index is 0.488. The van der Waals surface area contributed by atoms with Gasteiger partial charge in [0.05, 0.1) is 19.3 Å². The summed E-state index contributed by atoms with van der Waals surface area (Å²) in [5.41, 5.74) is 2.58. The van der Waals surface area contributed by atoms with Gasteiger partial charge in [-0.15, -0.1) is 0 Å². The molecule has 0 bridgehead atoms. The molecular formula is C21H32N6. The van der Waals surface area contributed by atoms with Gasteiger partial charge in [0.25, 0.3) is 0 Å². The molecule has 0 spiro atoms. The predicted octanol–water partition coefficient (Wildman–Crippen LogP) is 2.41. The third kappa shape index (κ3) is 6.40. The molecule has 1 fully saturated rings. The van der Waals surface area contributed by atoms with Gasteiger partial charge in [-0.3, -0.25) is 14.6 Å². The van der Waals surface area contributed by atoms with Crippen molar-refractivity contribution < 1.29 is 0 Å². The number of guanidine groups is 1. The molecule has 27 heavy (non-hydrogen) atoms. The lowest BCUT2D eigenvalue weighted by Gasteiger charge is -2.33. The van der Waals surface area contributed by atoms with E-state index in [0.29, 0.717) is 6.04 Å². The fraction of sp³-hybridized carbons (Fsp3) is 0.524. The highest BCUT2D eigenvalue weighted by molar-refractivity contribution is 5.80. The maximum absolute atomic E-state index is 4.72. The van der Waals surface area contributed by atoms with Crippen LogP contribution in [0, 0.1) is 6.92 Å². The lowest BCUT2D eigenvalue weighted by atomic mass is 10.0. The van der Waals surface area contributed by atoms with Crippen LogP contribution in [0.25, 0.3) is 0 Å². The van der Waals surface area contributed by atoms with Crippen LogP contribution in [0.1, 0.15) is 30.9 Å². The molecule has 6 heteroatoms. The van der Waals surface area contributed by atoms with Gasteiger partial charge >= 0.3 is 0 Å². The van der Waals surface area contributed by atoms with Gasteiger partial charge in [-0.05, 0) is 37.8 Å². The Hall–Kier alpha value is -2.34. The maximum Gasteiger partial charge on any atom is 0.191 e. The Bertz CT molecular complexity index is 700. The lowest BCUT2D eigenvalue weighted by molar-refractivity contribution is 0.198. The van der Waals surface area contributed by atoms with Gasteiger partial charge in [0.1, 0.15) is 0 Å². The number of rotatable bonds is 7. The lowest BCUT2D eigenvalue weighted by Crippen LogP contribution is -2.48. The van der Waals surface area contributed by atoms with Gasteiger partial charge in [0.15, 0.2) is 5.96 Å². The van der Waals surface area contributed by atoms with Crippen molar-refractivity contribution in [1.82, 2.24) is 25.3 Å². The molecule has 1 aromatic heterocycles. The van der Waals surface area contributed by atoms with Crippen molar-refractivity contribution in [3.8, 4) is 0 Å². The van der Waals surface area contributed by atoms with E-state index in [9.17, 15) is 0 Å². The number of piperidine rings is 1. The number of aromatic nitrogens is 2. The first-order chi connectivity index (χ1) is 13.2. The van der Waals surface area contributed by atoms with Crippen molar-refractivity contribution >= 4 is 5.96 Å². The van der Waals surface area contributed by atoms with Crippen molar-refractivity contribution in [3.63, 3.8) is 0 Å². The molecule has 1 aliphatic rings. The number of likely N-dealkylation sites (tertiary alicyclic amines) is 1. The van der Waals surface area contributed by atoms with Crippen LogP contribution >= 0.6 is 0 Å². The van der Waals surface area contributed by atoms with Crippen molar-refractivity contribution in [2.45, 2.75) is 45.8 Å². The van der Waals surface area contributed by atoms with E-state index in [1.807, 2.05) is 10.9 Å². The standard InChI is InChI=1S/C21H32N6/c1-3-22-21(23-11-14-27-16-18(2)15-24-27)25-20-9-12-26(13-10-20)17-19-7-5-4-6-8-19/h4-8,15-16,20H,3,9-14,17H2,1-2H3,(H2,22,23,25). The number of nitrogens with zero attached hydrogens (tertiary/aromatic N) is 4. The van der Waals surface area contributed by atoms with Gasteiger partial charge in [0.2, 0.25) is 0 Å². The summed E-state index contributed by atoms with van der Waals surface area (Å²) >= 11 is 0. The molecule has 0 atom stereocenters. The summed E-state index contributed by atoms with van der Waals surface area (Å²) in [4.78, 5) is 7.26. The zero-order valence-corrected chi connectivity index (χ0v) is 16.6. The van der Waals surface area contributed by atoms with Gasteiger partial charge < -0.3 is 10.6 Å². The second-order valence-electron chi connectivity index (χ2n) is 7.22. The summed E-state index contributed by atoms with van der Waals surface area (Å²) in [6.07, 6.45) is 6.24. The number of aryl methyl sites for hydroxylation is 1. The highest BCUT2D eigenvalue weighted by atomic mass is 15.3. The first kappa shape index (κ1) is 19.4. The highest BCUT2D eigenvalue weighted by Gasteiger charge is 2.19. The zero-order chi connectivity index (χ0) is 18.9. The van der Waals surface area contributed by atoms with Crippen LogP contribution < -0.4 is 10.6 Å². The van der Waals surface area contributed by atoms with Crippen LogP contribution in [-0.2, 0) is 13.1 Å². The summed E-state index contributed by atoms with van der Waals surface area (Å²) < 4.78 is 1.95. The normalized spacial score (nSPS) is 16.4. The molecule has 2 N–H and O–H groups in total. The van der Waals surface area contributed by atoms with E-state index in [1.165, 1.54) is 11.1 Å².